The molecule has 0 saturated carbocycles. The van der Waals surface area contributed by atoms with E-state index in [1.807, 2.05) is 71.6 Å². The van der Waals surface area contributed by atoms with Gasteiger partial charge in [-0.25, -0.2) is 4.79 Å². The number of carbonyl (C=O) groups excluding carboxylic acids is 5. The Morgan fingerprint density at radius 1 is 0.925 bits per heavy atom. The summed E-state index contributed by atoms with van der Waals surface area (Å²) < 4.78 is 10.6. The maximum Gasteiger partial charge on any atom is 0.411 e. The van der Waals surface area contributed by atoms with E-state index < -0.39 is 41.2 Å². The molecule has 0 aromatic heterocycles. The first-order valence-electron chi connectivity index (χ1n) is 17.9. The van der Waals surface area contributed by atoms with Gasteiger partial charge < -0.3 is 29.5 Å². The third-order valence-corrected chi connectivity index (χ3v) is 10.4. The number of anilines is 1. The number of nitrogens with zero attached hydrogens (tertiary/aromatic N) is 4. The van der Waals surface area contributed by atoms with Crippen LogP contribution in [0.15, 0.2) is 78.9 Å². The maximum atomic E-state index is 14.5. The average Bonchev–Trinajstić information content (AvgIpc) is 3.40. The van der Waals surface area contributed by atoms with Crippen molar-refractivity contribution in [3.05, 3.63) is 101 Å². The molecule has 6 rings (SSSR count). The summed E-state index contributed by atoms with van der Waals surface area (Å²) >= 11 is 6.17. The summed E-state index contributed by atoms with van der Waals surface area (Å²) in [4.78, 5) is 75.2. The third-order valence-electron chi connectivity index (χ3n) is 10.2. The van der Waals surface area contributed by atoms with Gasteiger partial charge in [0, 0.05) is 36.6 Å². The number of carbonyl (C=O) groups is 5. The fourth-order valence-electron chi connectivity index (χ4n) is 7.45. The molecule has 0 aliphatic carbocycles. The normalized spacial score (nSPS) is 18.7. The van der Waals surface area contributed by atoms with Crippen molar-refractivity contribution in [1.29, 1.82) is 0 Å². The molecule has 2 fully saturated rings. The highest BCUT2D eigenvalue weighted by atomic mass is 35.5. The fraction of sp³-hybridized carbons (Fsp3) is 0.425. The Morgan fingerprint density at radius 2 is 1.57 bits per heavy atom. The van der Waals surface area contributed by atoms with Gasteiger partial charge in [-0.05, 0) is 74.6 Å². The van der Waals surface area contributed by atoms with Crippen molar-refractivity contribution < 1.29 is 33.4 Å². The number of benzene rings is 3. The molecule has 280 valence electrons. The SMILES string of the molecule is COC(=O)CN1CN(c2ccccc2)C2(CCN(C(=O)C(Cc3ccc(Cl)cc3)NC(=O)C3Cc4ccccc4CN3C(=O)OC(C)(C)C)CC2)C1=O. The van der Waals surface area contributed by atoms with Crippen LogP contribution in [0.4, 0.5) is 10.5 Å². The summed E-state index contributed by atoms with van der Waals surface area (Å²) in [5.74, 6) is -1.47. The predicted molar refractivity (Wildman–Crippen MR) is 199 cm³/mol. The van der Waals surface area contributed by atoms with Gasteiger partial charge in [0.05, 0.1) is 20.3 Å². The van der Waals surface area contributed by atoms with E-state index in [1.54, 1.807) is 37.8 Å². The Hall–Kier alpha value is -5.10. The third kappa shape index (κ3) is 8.27. The second-order valence-corrected chi connectivity index (χ2v) is 15.3. The molecular formula is C40H46ClN5O7. The second kappa shape index (κ2) is 15.5. The number of amides is 4. The molecule has 1 spiro atoms. The second-order valence-electron chi connectivity index (χ2n) is 14.8. The molecule has 2 saturated heterocycles. The van der Waals surface area contributed by atoms with E-state index in [-0.39, 0.29) is 57.5 Å². The van der Waals surface area contributed by atoms with Crippen molar-refractivity contribution in [3.8, 4) is 0 Å². The standard InChI is InChI=1S/C40H46ClN5O7/c1-39(2,3)53-38(51)45-24-29-11-9-8-10-28(29)23-33(45)35(48)42-32(22-27-14-16-30(41)17-15-27)36(49)43-20-18-40(19-21-43)37(50)44(25-34(47)52-4)26-46(40)31-12-6-5-7-13-31/h5-17,32-33H,18-26H2,1-4H3,(H,42,48). The lowest BCUT2D eigenvalue weighted by molar-refractivity contribution is -0.147. The molecule has 1 N–H and O–H groups in total. The minimum absolute atomic E-state index is 0.176. The summed E-state index contributed by atoms with van der Waals surface area (Å²) in [7, 11) is 1.29. The molecule has 12 nitrogen and oxygen atoms in total. The van der Waals surface area contributed by atoms with E-state index in [0.29, 0.717) is 17.9 Å². The molecule has 2 unspecified atom stereocenters. The zero-order chi connectivity index (χ0) is 37.9. The largest absolute Gasteiger partial charge is 0.468 e. The molecule has 3 aliphatic rings. The number of halogens is 1. The van der Waals surface area contributed by atoms with Gasteiger partial charge in [0.2, 0.25) is 11.8 Å². The minimum Gasteiger partial charge on any atom is -0.468 e. The molecule has 13 heteroatoms. The van der Waals surface area contributed by atoms with Gasteiger partial charge in [-0.1, -0.05) is 66.2 Å². The van der Waals surface area contributed by atoms with Crippen LogP contribution in [0.3, 0.4) is 0 Å². The van der Waals surface area contributed by atoms with Crippen LogP contribution in [-0.2, 0) is 48.0 Å². The number of esters is 1. The van der Waals surface area contributed by atoms with Crippen molar-refractivity contribution in [2.24, 2.45) is 0 Å². The summed E-state index contributed by atoms with van der Waals surface area (Å²) in [6, 6.07) is 22.4. The molecule has 4 amide bonds. The number of nitrogens with one attached hydrogen (secondary N) is 1. The zero-order valence-corrected chi connectivity index (χ0v) is 31.3. The lowest BCUT2D eigenvalue weighted by Crippen LogP contribution is -2.61. The number of piperidine rings is 1. The van der Waals surface area contributed by atoms with Crippen LogP contribution in [0.2, 0.25) is 5.02 Å². The number of methoxy groups -OCH3 is 1. The van der Waals surface area contributed by atoms with Crippen molar-refractivity contribution in [1.82, 2.24) is 20.0 Å². The van der Waals surface area contributed by atoms with E-state index >= 15 is 0 Å². The molecular weight excluding hydrogens is 698 g/mol. The molecule has 3 heterocycles. The van der Waals surface area contributed by atoms with E-state index in [4.69, 9.17) is 21.1 Å². The van der Waals surface area contributed by atoms with Crippen LogP contribution in [0.5, 0.6) is 0 Å². The zero-order valence-electron chi connectivity index (χ0n) is 30.5. The van der Waals surface area contributed by atoms with Crippen molar-refractivity contribution in [3.63, 3.8) is 0 Å². The van der Waals surface area contributed by atoms with Crippen molar-refractivity contribution in [2.45, 2.75) is 76.2 Å². The summed E-state index contributed by atoms with van der Waals surface area (Å²) in [5.41, 5.74) is 1.75. The topological polar surface area (TPSA) is 129 Å². The highest BCUT2D eigenvalue weighted by Gasteiger charge is 2.55. The Labute approximate surface area is 314 Å². The smallest absolute Gasteiger partial charge is 0.411 e. The highest BCUT2D eigenvalue weighted by Crippen LogP contribution is 2.39. The van der Waals surface area contributed by atoms with Crippen LogP contribution < -0.4 is 10.2 Å². The number of likely N-dealkylation sites (tertiary alicyclic amines) is 1. The van der Waals surface area contributed by atoms with E-state index in [9.17, 15) is 24.0 Å². The Balaban J connectivity index is 1.24. The average molecular weight is 744 g/mol. The van der Waals surface area contributed by atoms with Gasteiger partial charge in [0.1, 0.15) is 29.8 Å². The number of fused-ring (bicyclic) bond motifs is 1. The number of ether oxygens (including phenoxy) is 2. The van der Waals surface area contributed by atoms with Crippen LogP contribution in [-0.4, -0.2) is 101 Å². The van der Waals surface area contributed by atoms with Gasteiger partial charge in [0.15, 0.2) is 0 Å². The maximum absolute atomic E-state index is 14.5. The highest BCUT2D eigenvalue weighted by molar-refractivity contribution is 6.30. The lowest BCUT2D eigenvalue weighted by Gasteiger charge is -2.44. The summed E-state index contributed by atoms with van der Waals surface area (Å²) in [6.45, 7) is 6.03. The van der Waals surface area contributed by atoms with Crippen LogP contribution in [0.1, 0.15) is 50.3 Å². The monoisotopic (exact) mass is 743 g/mol. The summed E-state index contributed by atoms with van der Waals surface area (Å²) in [6.07, 6.45) is 0.463. The summed E-state index contributed by atoms with van der Waals surface area (Å²) in [5, 5.41) is 3.56. The van der Waals surface area contributed by atoms with Gasteiger partial charge in [-0.15, -0.1) is 0 Å². The van der Waals surface area contributed by atoms with Gasteiger partial charge in [0.25, 0.3) is 5.91 Å². The molecule has 3 aromatic rings. The van der Waals surface area contributed by atoms with Crippen LogP contribution in [0, 0.1) is 0 Å². The molecule has 0 radical (unpaired) electrons. The molecule has 53 heavy (non-hydrogen) atoms. The van der Waals surface area contributed by atoms with E-state index in [1.165, 1.54) is 16.9 Å². The number of rotatable bonds is 8. The Kier molecular flexibility index (Phi) is 11.0. The lowest BCUT2D eigenvalue weighted by atomic mass is 9.85. The first-order valence-corrected chi connectivity index (χ1v) is 18.2. The van der Waals surface area contributed by atoms with E-state index in [2.05, 4.69) is 5.32 Å². The number of para-hydroxylation sites is 1. The van der Waals surface area contributed by atoms with Gasteiger partial charge >= 0.3 is 12.1 Å². The quantitative estimate of drug-likeness (QED) is 0.333. The first kappa shape index (κ1) is 37.7. The van der Waals surface area contributed by atoms with Crippen LogP contribution in [0.25, 0.3) is 0 Å². The first-order chi connectivity index (χ1) is 25.3. The molecule has 3 aromatic carbocycles. The van der Waals surface area contributed by atoms with E-state index in [0.717, 1.165) is 22.4 Å². The molecule has 0 bridgehead atoms. The molecule has 2 atom stereocenters. The Morgan fingerprint density at radius 3 is 2.21 bits per heavy atom. The van der Waals surface area contributed by atoms with Gasteiger partial charge in [-0.2, -0.15) is 0 Å². The predicted octanol–water partition coefficient (Wildman–Crippen LogP) is 4.57. The van der Waals surface area contributed by atoms with Crippen molar-refractivity contribution >= 4 is 47.1 Å². The number of hydrogen-bond donors (Lipinski definition) is 1. The Bertz CT molecular complexity index is 1840. The van der Waals surface area contributed by atoms with Crippen LogP contribution >= 0.6 is 11.6 Å². The minimum atomic E-state index is -0.976. The van der Waals surface area contributed by atoms with Crippen molar-refractivity contribution in [2.75, 3.05) is 38.3 Å². The molecule has 3 aliphatic heterocycles. The number of hydrogen-bond acceptors (Lipinski definition) is 8. The van der Waals surface area contributed by atoms with Gasteiger partial charge in [-0.3, -0.25) is 24.1 Å². The fourth-order valence-corrected chi connectivity index (χ4v) is 7.58.